The lowest BCUT2D eigenvalue weighted by molar-refractivity contribution is -0.138. The van der Waals surface area contributed by atoms with Gasteiger partial charge in [-0.3, -0.25) is 14.2 Å². The zero-order valence-corrected chi connectivity index (χ0v) is 22.9. The molecular weight excluding hydrogens is 549 g/mol. The lowest BCUT2D eigenvalue weighted by atomic mass is 10.0. The second-order valence-corrected chi connectivity index (χ2v) is 11.7. The number of rotatable bonds is 14. The molecule has 0 spiro atoms. The van der Waals surface area contributed by atoms with Gasteiger partial charge < -0.3 is 36.8 Å². The fraction of sp³-hybridized carbons (Fsp3) is 0.214. The third-order valence-corrected chi connectivity index (χ3v) is 8.41. The van der Waals surface area contributed by atoms with Crippen molar-refractivity contribution in [1.82, 2.24) is 10.6 Å². The number of alkyl carbamates (subject to hydrolysis) is 1. The predicted molar refractivity (Wildman–Crippen MR) is 154 cm³/mol. The number of nitrogens with one attached hydrogen (secondary N) is 2. The summed E-state index contributed by atoms with van der Waals surface area (Å²) in [6.45, 7) is 0.00188. The Balaban J connectivity index is 1.84. The normalized spacial score (nSPS) is 14.4. The zero-order chi connectivity index (χ0) is 29.8. The van der Waals surface area contributed by atoms with E-state index in [2.05, 4.69) is 15.6 Å². The van der Waals surface area contributed by atoms with Crippen molar-refractivity contribution >= 4 is 37.5 Å². The highest BCUT2D eigenvalue weighted by Crippen LogP contribution is 2.51. The molecule has 3 rings (SSSR count). The maximum absolute atomic E-state index is 13.7. The molecule has 3 aromatic carbocycles. The Morgan fingerprint density at radius 2 is 1.61 bits per heavy atom. The molecule has 216 valence electrons. The average Bonchev–Trinajstić information content (AvgIpc) is 2.95. The minimum atomic E-state index is -4.42. The maximum atomic E-state index is 13.7. The van der Waals surface area contributed by atoms with Crippen molar-refractivity contribution in [3.8, 4) is 0 Å². The summed E-state index contributed by atoms with van der Waals surface area (Å²) in [6, 6.07) is 22.7. The Labute approximate surface area is 236 Å². The second-order valence-electron chi connectivity index (χ2n) is 9.17. The predicted octanol–water partition coefficient (Wildman–Crippen LogP) is 3.16. The van der Waals surface area contributed by atoms with Crippen LogP contribution in [-0.4, -0.2) is 46.4 Å². The van der Waals surface area contributed by atoms with Crippen molar-refractivity contribution in [2.45, 2.75) is 30.8 Å². The topological polar surface area (TPSA) is 206 Å². The number of aliphatic imine (C=N–C) groups is 1. The number of nitrogens with two attached hydrogens (primary N) is 2. The summed E-state index contributed by atoms with van der Waals surface area (Å²) >= 11 is 0. The number of ether oxygens (including phenoxy) is 1. The number of hydrogen-bond acceptors (Lipinski definition) is 6. The first kappa shape index (κ1) is 30.9. The number of amides is 2. The minimum Gasteiger partial charge on any atom is -0.481 e. The third-order valence-electron chi connectivity index (χ3n) is 6.19. The number of hydrogen-bond donors (Lipinski definition) is 6. The molecule has 0 saturated heterocycles. The largest absolute Gasteiger partial charge is 0.481 e. The molecule has 0 aliphatic rings. The standard InChI is InChI=1S/C28H32N5O7P/c29-27(30)32-22-13-7-12-21(14-22)23(26(35)36)17-41(38,39)25(31-18-34)15-24(20-10-5-2-6-11-20)33-28(37)40-16-19-8-3-1-4-9-19/h1-14,18,23-25H,15-17H2,(H,31,34)(H,33,37)(H,35,36)(H,38,39)(H4,29,30,32). The lowest BCUT2D eigenvalue weighted by Gasteiger charge is -2.29. The van der Waals surface area contributed by atoms with E-state index >= 15 is 0 Å². The van der Waals surface area contributed by atoms with Crippen molar-refractivity contribution in [3.05, 3.63) is 102 Å². The van der Waals surface area contributed by atoms with Gasteiger partial charge in [-0.05, 0) is 28.8 Å². The van der Waals surface area contributed by atoms with E-state index in [1.165, 1.54) is 18.2 Å². The molecule has 0 radical (unpaired) electrons. The number of carbonyl (C=O) groups excluding carboxylic acids is 2. The summed E-state index contributed by atoms with van der Waals surface area (Å²) in [5.74, 6) is -4.41. The molecule has 13 heteroatoms. The SMILES string of the molecule is NC(N)=Nc1cccc(C(CP(=O)(O)C(CC(NC(=O)OCc2ccccc2)c2ccccc2)NC=O)C(=O)O)c1. The van der Waals surface area contributed by atoms with Crippen LogP contribution in [-0.2, 0) is 25.5 Å². The summed E-state index contributed by atoms with van der Waals surface area (Å²) in [5, 5.41) is 15.0. The van der Waals surface area contributed by atoms with E-state index in [1.807, 2.05) is 6.07 Å². The number of nitrogens with zero attached hydrogens (tertiary/aromatic N) is 1. The van der Waals surface area contributed by atoms with Gasteiger partial charge in [0.15, 0.2) is 5.96 Å². The molecule has 12 nitrogen and oxygen atoms in total. The fourth-order valence-corrected chi connectivity index (χ4v) is 6.18. The van der Waals surface area contributed by atoms with Gasteiger partial charge in [-0.15, -0.1) is 0 Å². The van der Waals surface area contributed by atoms with Crippen molar-refractivity contribution in [1.29, 1.82) is 0 Å². The molecule has 3 aromatic rings. The van der Waals surface area contributed by atoms with Crippen LogP contribution in [0.5, 0.6) is 0 Å². The van der Waals surface area contributed by atoms with Crippen LogP contribution in [0.15, 0.2) is 89.9 Å². The summed E-state index contributed by atoms with van der Waals surface area (Å²) < 4.78 is 19.0. The Morgan fingerprint density at radius 3 is 2.22 bits per heavy atom. The minimum absolute atomic E-state index is 0.00188. The van der Waals surface area contributed by atoms with E-state index in [1.54, 1.807) is 60.7 Å². The average molecular weight is 582 g/mol. The van der Waals surface area contributed by atoms with Gasteiger partial charge in [0.05, 0.1) is 17.6 Å². The van der Waals surface area contributed by atoms with Gasteiger partial charge in [0.2, 0.25) is 13.8 Å². The van der Waals surface area contributed by atoms with E-state index in [0.29, 0.717) is 5.56 Å². The van der Waals surface area contributed by atoms with Crippen LogP contribution in [0.2, 0.25) is 0 Å². The van der Waals surface area contributed by atoms with Crippen molar-refractivity contribution < 1.29 is 33.7 Å². The number of carboxylic acids is 1. The quantitative estimate of drug-likeness (QED) is 0.0714. The molecule has 0 aliphatic carbocycles. The van der Waals surface area contributed by atoms with Gasteiger partial charge in [0, 0.05) is 12.6 Å². The van der Waals surface area contributed by atoms with Crippen LogP contribution in [0, 0.1) is 0 Å². The van der Waals surface area contributed by atoms with Crippen molar-refractivity contribution in [2.24, 2.45) is 16.5 Å². The first-order valence-electron chi connectivity index (χ1n) is 12.5. The molecule has 8 N–H and O–H groups in total. The lowest BCUT2D eigenvalue weighted by Crippen LogP contribution is -2.37. The molecule has 0 bridgehead atoms. The number of carboxylic acid groups (broad SMARTS) is 1. The van der Waals surface area contributed by atoms with Gasteiger partial charge in [-0.25, -0.2) is 9.79 Å². The van der Waals surface area contributed by atoms with Crippen LogP contribution in [0.4, 0.5) is 10.5 Å². The van der Waals surface area contributed by atoms with Gasteiger partial charge in [0.25, 0.3) is 0 Å². The highest BCUT2D eigenvalue weighted by molar-refractivity contribution is 7.58. The molecule has 2 amide bonds. The molecule has 41 heavy (non-hydrogen) atoms. The van der Waals surface area contributed by atoms with Gasteiger partial charge in [-0.2, -0.15) is 0 Å². The molecule has 0 heterocycles. The summed E-state index contributed by atoms with van der Waals surface area (Å²) in [5.41, 5.74) is 12.6. The van der Waals surface area contributed by atoms with Crippen LogP contribution in [0.25, 0.3) is 0 Å². The highest BCUT2D eigenvalue weighted by atomic mass is 31.2. The first-order chi connectivity index (χ1) is 19.6. The maximum Gasteiger partial charge on any atom is 0.407 e. The summed E-state index contributed by atoms with van der Waals surface area (Å²) in [7, 11) is -4.42. The number of aliphatic carboxylic acids is 1. The van der Waals surface area contributed by atoms with E-state index in [-0.39, 0.29) is 36.6 Å². The summed E-state index contributed by atoms with van der Waals surface area (Å²) in [4.78, 5) is 51.4. The fourth-order valence-electron chi connectivity index (χ4n) is 4.20. The van der Waals surface area contributed by atoms with E-state index < -0.39 is 43.3 Å². The molecular formula is C28H32N5O7P. The van der Waals surface area contributed by atoms with Crippen LogP contribution >= 0.6 is 7.37 Å². The monoisotopic (exact) mass is 581 g/mol. The van der Waals surface area contributed by atoms with Crippen LogP contribution in [0.1, 0.15) is 35.1 Å². The first-order valence-corrected chi connectivity index (χ1v) is 14.5. The third kappa shape index (κ3) is 9.48. The molecule has 0 saturated carbocycles. The van der Waals surface area contributed by atoms with Gasteiger partial charge >= 0.3 is 12.1 Å². The zero-order valence-electron chi connectivity index (χ0n) is 22.0. The number of guanidine groups is 1. The van der Waals surface area contributed by atoms with Crippen molar-refractivity contribution in [3.63, 3.8) is 0 Å². The number of carbonyl (C=O) groups is 3. The van der Waals surface area contributed by atoms with E-state index in [9.17, 15) is 28.9 Å². The van der Waals surface area contributed by atoms with Gasteiger partial charge in [-0.1, -0.05) is 72.8 Å². The Hall–Kier alpha value is -4.67. The number of benzene rings is 3. The Bertz CT molecular complexity index is 1400. The second kappa shape index (κ2) is 14.6. The van der Waals surface area contributed by atoms with Crippen molar-refractivity contribution in [2.75, 3.05) is 6.16 Å². The molecule has 4 atom stereocenters. The Morgan fingerprint density at radius 1 is 0.976 bits per heavy atom. The smallest absolute Gasteiger partial charge is 0.407 e. The molecule has 4 unspecified atom stereocenters. The highest BCUT2D eigenvalue weighted by Gasteiger charge is 2.38. The molecule has 0 fully saturated rings. The Kier molecular flexibility index (Phi) is 11.0. The molecule has 0 aromatic heterocycles. The van der Waals surface area contributed by atoms with Crippen LogP contribution in [0.3, 0.4) is 0 Å². The summed E-state index contributed by atoms with van der Waals surface area (Å²) in [6.07, 6.45) is -1.45. The van der Waals surface area contributed by atoms with Gasteiger partial charge in [0.1, 0.15) is 12.4 Å². The molecule has 0 aliphatic heterocycles. The van der Waals surface area contributed by atoms with Crippen LogP contribution < -0.4 is 22.1 Å². The van der Waals surface area contributed by atoms with E-state index in [4.69, 9.17) is 16.2 Å². The van der Waals surface area contributed by atoms with E-state index in [0.717, 1.165) is 5.56 Å².